The lowest BCUT2D eigenvalue weighted by Crippen LogP contribution is -2.43. The lowest BCUT2D eigenvalue weighted by Gasteiger charge is -2.27. The monoisotopic (exact) mass is 310 g/mol. The summed E-state index contributed by atoms with van der Waals surface area (Å²) in [6.07, 6.45) is -1.13. The Kier molecular flexibility index (Phi) is 6.20. The van der Waals surface area contributed by atoms with Crippen molar-refractivity contribution in [2.75, 3.05) is 6.54 Å². The molecule has 0 spiro atoms. The van der Waals surface area contributed by atoms with Crippen LogP contribution in [0.5, 0.6) is 5.75 Å². The van der Waals surface area contributed by atoms with Gasteiger partial charge in [0.25, 0.3) is 0 Å². The van der Waals surface area contributed by atoms with E-state index in [-0.39, 0.29) is 5.75 Å². The van der Waals surface area contributed by atoms with Gasteiger partial charge < -0.3 is 26.0 Å². The molecule has 0 aliphatic heterocycles. The van der Waals surface area contributed by atoms with E-state index in [1.165, 1.54) is 6.07 Å². The molecular weight excluding hydrogens is 284 g/mol. The molecule has 2 unspecified atom stereocenters. The summed E-state index contributed by atoms with van der Waals surface area (Å²) in [6.45, 7) is 7.40. The summed E-state index contributed by atoms with van der Waals surface area (Å²) in [5.41, 5.74) is 6.32. The minimum absolute atomic E-state index is 0.129. The van der Waals surface area contributed by atoms with Gasteiger partial charge in [0.1, 0.15) is 11.4 Å². The maximum absolute atomic E-state index is 11.9. The van der Waals surface area contributed by atoms with Crippen LogP contribution >= 0.6 is 0 Å². The van der Waals surface area contributed by atoms with E-state index in [2.05, 4.69) is 5.32 Å². The standard InChI is InChI=1S/C16H26N2O4/c1-10-9-11(19)5-6-12(10)14(20)13(7-8-17)18-15(21)22-16(2,3)4/h5-6,9,13-14,19-20H,7-8,17H2,1-4H3,(H,18,21). The Morgan fingerprint density at radius 3 is 2.55 bits per heavy atom. The van der Waals surface area contributed by atoms with Gasteiger partial charge in [0, 0.05) is 0 Å². The molecule has 6 heteroatoms. The van der Waals surface area contributed by atoms with Crippen molar-refractivity contribution < 1.29 is 19.7 Å². The molecule has 0 radical (unpaired) electrons. The number of carbonyl (C=O) groups excluding carboxylic acids is 1. The normalized spacial score (nSPS) is 14.3. The van der Waals surface area contributed by atoms with Crippen molar-refractivity contribution in [2.24, 2.45) is 5.73 Å². The zero-order chi connectivity index (χ0) is 16.9. The highest BCUT2D eigenvalue weighted by atomic mass is 16.6. The first kappa shape index (κ1) is 18.3. The van der Waals surface area contributed by atoms with Gasteiger partial charge in [0.15, 0.2) is 0 Å². The number of alkyl carbamates (subject to hydrolysis) is 1. The number of phenolic OH excluding ortho intramolecular Hbond substituents is 1. The number of aryl methyl sites for hydroxylation is 1. The first-order valence-electron chi connectivity index (χ1n) is 7.31. The van der Waals surface area contributed by atoms with Crippen LogP contribution in [0.25, 0.3) is 0 Å². The maximum Gasteiger partial charge on any atom is 0.407 e. The molecule has 0 aliphatic rings. The van der Waals surface area contributed by atoms with Gasteiger partial charge in [-0.05, 0) is 63.9 Å². The largest absolute Gasteiger partial charge is 0.508 e. The summed E-state index contributed by atoms with van der Waals surface area (Å²) in [6, 6.07) is 4.13. The van der Waals surface area contributed by atoms with Crippen molar-refractivity contribution in [1.82, 2.24) is 5.32 Å². The predicted octanol–water partition coefficient (Wildman–Crippen LogP) is 1.98. The van der Waals surface area contributed by atoms with E-state index in [9.17, 15) is 15.0 Å². The molecule has 0 aliphatic carbocycles. The highest BCUT2D eigenvalue weighted by Crippen LogP contribution is 2.25. The van der Waals surface area contributed by atoms with Crippen LogP contribution < -0.4 is 11.1 Å². The second kappa shape index (κ2) is 7.47. The Labute approximate surface area is 131 Å². The van der Waals surface area contributed by atoms with Crippen LogP contribution in [0.2, 0.25) is 0 Å². The summed E-state index contributed by atoms with van der Waals surface area (Å²) >= 11 is 0. The highest BCUT2D eigenvalue weighted by molar-refractivity contribution is 5.68. The number of hydrogen-bond acceptors (Lipinski definition) is 5. The van der Waals surface area contributed by atoms with E-state index in [4.69, 9.17) is 10.5 Å². The van der Waals surface area contributed by atoms with Crippen molar-refractivity contribution in [1.29, 1.82) is 0 Å². The number of aliphatic hydroxyl groups excluding tert-OH is 1. The van der Waals surface area contributed by atoms with Crippen LogP contribution in [0.4, 0.5) is 4.79 Å². The van der Waals surface area contributed by atoms with Crippen LogP contribution in [0, 0.1) is 6.92 Å². The molecule has 0 saturated carbocycles. The van der Waals surface area contributed by atoms with E-state index in [0.717, 1.165) is 5.56 Å². The van der Waals surface area contributed by atoms with E-state index in [1.807, 2.05) is 0 Å². The Bertz CT molecular complexity index is 511. The van der Waals surface area contributed by atoms with E-state index < -0.39 is 23.8 Å². The Morgan fingerprint density at radius 1 is 1.41 bits per heavy atom. The van der Waals surface area contributed by atoms with Crippen LogP contribution in [0.15, 0.2) is 18.2 Å². The molecule has 0 heterocycles. The van der Waals surface area contributed by atoms with Gasteiger partial charge in [-0.15, -0.1) is 0 Å². The molecule has 1 amide bonds. The third-order valence-electron chi connectivity index (χ3n) is 3.13. The predicted molar refractivity (Wildman–Crippen MR) is 84.6 cm³/mol. The molecule has 0 fully saturated rings. The Morgan fingerprint density at radius 2 is 2.05 bits per heavy atom. The first-order valence-corrected chi connectivity index (χ1v) is 7.31. The van der Waals surface area contributed by atoms with Gasteiger partial charge in [-0.3, -0.25) is 0 Å². The summed E-state index contributed by atoms with van der Waals surface area (Å²) in [7, 11) is 0. The number of carbonyl (C=O) groups is 1. The van der Waals surface area contributed by atoms with Crippen molar-refractivity contribution in [3.05, 3.63) is 29.3 Å². The number of rotatable bonds is 5. The van der Waals surface area contributed by atoms with Gasteiger partial charge in [-0.25, -0.2) is 4.79 Å². The third kappa shape index (κ3) is 5.54. The second-order valence-electron chi connectivity index (χ2n) is 6.32. The lowest BCUT2D eigenvalue weighted by atomic mass is 9.96. The van der Waals surface area contributed by atoms with Crippen molar-refractivity contribution >= 4 is 6.09 Å². The lowest BCUT2D eigenvalue weighted by molar-refractivity contribution is 0.0415. The number of ether oxygens (including phenoxy) is 1. The molecule has 2 atom stereocenters. The zero-order valence-electron chi connectivity index (χ0n) is 13.6. The second-order valence-corrected chi connectivity index (χ2v) is 6.32. The smallest absolute Gasteiger partial charge is 0.407 e. The topological polar surface area (TPSA) is 105 Å². The summed E-state index contributed by atoms with van der Waals surface area (Å²) < 4.78 is 5.21. The van der Waals surface area contributed by atoms with Gasteiger partial charge in [-0.1, -0.05) is 6.07 Å². The number of nitrogens with one attached hydrogen (secondary N) is 1. The molecule has 1 rings (SSSR count). The van der Waals surface area contributed by atoms with Crippen molar-refractivity contribution in [2.45, 2.75) is 51.9 Å². The Balaban J connectivity index is 2.87. The minimum atomic E-state index is -0.934. The molecule has 6 nitrogen and oxygen atoms in total. The number of phenols is 1. The van der Waals surface area contributed by atoms with Crippen molar-refractivity contribution in [3.63, 3.8) is 0 Å². The number of aromatic hydroxyl groups is 1. The maximum atomic E-state index is 11.9. The summed E-state index contributed by atoms with van der Waals surface area (Å²) in [5, 5.41) is 22.6. The van der Waals surface area contributed by atoms with Gasteiger partial charge in [0.05, 0.1) is 12.1 Å². The average molecular weight is 310 g/mol. The minimum Gasteiger partial charge on any atom is -0.508 e. The first-order chi connectivity index (χ1) is 10.1. The number of aliphatic hydroxyl groups is 1. The molecule has 5 N–H and O–H groups in total. The molecule has 1 aromatic carbocycles. The average Bonchev–Trinajstić information content (AvgIpc) is 2.35. The van der Waals surface area contributed by atoms with Crippen LogP contribution in [-0.4, -0.2) is 34.5 Å². The third-order valence-corrected chi connectivity index (χ3v) is 3.13. The van der Waals surface area contributed by atoms with E-state index >= 15 is 0 Å². The van der Waals surface area contributed by atoms with Crippen LogP contribution in [0.1, 0.15) is 44.4 Å². The SMILES string of the molecule is Cc1cc(O)ccc1C(O)C(CCN)NC(=O)OC(C)(C)C. The number of nitrogens with two attached hydrogens (primary N) is 1. The fourth-order valence-corrected chi connectivity index (χ4v) is 2.16. The molecule has 124 valence electrons. The van der Waals surface area contributed by atoms with Crippen LogP contribution in [0.3, 0.4) is 0 Å². The van der Waals surface area contributed by atoms with Gasteiger partial charge in [-0.2, -0.15) is 0 Å². The van der Waals surface area contributed by atoms with Gasteiger partial charge in [0.2, 0.25) is 0 Å². The fourth-order valence-electron chi connectivity index (χ4n) is 2.16. The summed E-state index contributed by atoms with van der Waals surface area (Å²) in [4.78, 5) is 11.9. The molecule has 0 bridgehead atoms. The molecule has 0 aromatic heterocycles. The van der Waals surface area contributed by atoms with Gasteiger partial charge >= 0.3 is 6.09 Å². The molecule has 1 aromatic rings. The number of benzene rings is 1. The van der Waals surface area contributed by atoms with E-state index in [1.54, 1.807) is 39.8 Å². The van der Waals surface area contributed by atoms with Crippen LogP contribution in [-0.2, 0) is 4.74 Å². The molecule has 0 saturated heterocycles. The molecule has 22 heavy (non-hydrogen) atoms. The number of hydrogen-bond donors (Lipinski definition) is 4. The van der Waals surface area contributed by atoms with Crippen molar-refractivity contribution in [3.8, 4) is 5.75 Å². The number of amides is 1. The zero-order valence-corrected chi connectivity index (χ0v) is 13.6. The fraction of sp³-hybridized carbons (Fsp3) is 0.562. The Hall–Kier alpha value is -1.79. The molecular formula is C16H26N2O4. The van der Waals surface area contributed by atoms with E-state index in [0.29, 0.717) is 18.5 Å². The highest BCUT2D eigenvalue weighted by Gasteiger charge is 2.26. The quantitative estimate of drug-likeness (QED) is 0.665. The summed E-state index contributed by atoms with van der Waals surface area (Å²) in [5.74, 6) is 0.129.